The summed E-state index contributed by atoms with van der Waals surface area (Å²) in [5, 5.41) is 9.78. The third kappa shape index (κ3) is 3.80. The summed E-state index contributed by atoms with van der Waals surface area (Å²) in [6.07, 6.45) is 0.949. The first-order valence-corrected chi connectivity index (χ1v) is 9.78. The average molecular weight is 405 g/mol. The van der Waals surface area contributed by atoms with Crippen LogP contribution in [0.5, 0.6) is 0 Å². The van der Waals surface area contributed by atoms with Crippen molar-refractivity contribution in [3.63, 3.8) is 0 Å². The minimum atomic E-state index is -0.645. The molecule has 0 fully saturated rings. The number of aromatic amines is 2. The predicted molar refractivity (Wildman–Crippen MR) is 110 cm³/mol. The van der Waals surface area contributed by atoms with Crippen molar-refractivity contribution in [2.75, 3.05) is 0 Å². The molecule has 2 heterocycles. The minimum absolute atomic E-state index is 0.0734. The number of aryl methyl sites for hydroxylation is 1. The number of amides is 1. The largest absolute Gasteiger partial charge is 0.338 e. The number of nitrogens with one attached hydrogen (secondary N) is 3. The summed E-state index contributed by atoms with van der Waals surface area (Å²) in [6.45, 7) is 5.73. The highest BCUT2D eigenvalue weighted by atomic mass is 16.2. The maximum Gasteiger partial charge on any atom is 0.261 e. The Hall–Kier alpha value is -3.55. The molecule has 1 aliphatic rings. The molecule has 0 saturated heterocycles. The van der Waals surface area contributed by atoms with Gasteiger partial charge in [0.2, 0.25) is 0 Å². The molecule has 154 valence electrons. The van der Waals surface area contributed by atoms with Crippen LogP contribution in [0, 0.1) is 12.3 Å². The van der Waals surface area contributed by atoms with Crippen molar-refractivity contribution in [1.29, 1.82) is 0 Å². The Morgan fingerprint density at radius 3 is 2.57 bits per heavy atom. The molecule has 1 aliphatic carbocycles. The maximum absolute atomic E-state index is 13.0. The quantitative estimate of drug-likeness (QED) is 0.616. The topological polar surface area (TPSA) is 121 Å². The number of aromatic nitrogens is 4. The van der Waals surface area contributed by atoms with Crippen LogP contribution >= 0.6 is 0 Å². The first kappa shape index (κ1) is 19.8. The zero-order valence-electron chi connectivity index (χ0n) is 17.1. The summed E-state index contributed by atoms with van der Waals surface area (Å²) < 4.78 is 0. The Morgan fingerprint density at radius 1 is 1.17 bits per heavy atom. The summed E-state index contributed by atoms with van der Waals surface area (Å²) in [6, 6.07) is 10.0. The molecule has 2 aromatic heterocycles. The summed E-state index contributed by atoms with van der Waals surface area (Å²) in [5.74, 6) is 0.336. The average Bonchev–Trinajstić information content (AvgIpc) is 3.11. The number of hydrogen-bond donors (Lipinski definition) is 3. The van der Waals surface area contributed by atoms with Crippen LogP contribution in [0.15, 0.2) is 41.2 Å². The molecule has 3 aromatic rings. The van der Waals surface area contributed by atoms with Gasteiger partial charge in [-0.3, -0.25) is 19.5 Å². The van der Waals surface area contributed by atoms with Gasteiger partial charge in [-0.15, -0.1) is 0 Å². The zero-order chi connectivity index (χ0) is 21.5. The number of pyridine rings is 1. The van der Waals surface area contributed by atoms with Crippen molar-refractivity contribution < 1.29 is 9.59 Å². The molecule has 0 spiro atoms. The van der Waals surface area contributed by atoms with Crippen molar-refractivity contribution in [3.05, 3.63) is 80.8 Å². The van der Waals surface area contributed by atoms with Crippen LogP contribution < -0.4 is 10.9 Å². The van der Waals surface area contributed by atoms with E-state index in [0.717, 1.165) is 5.56 Å². The van der Waals surface area contributed by atoms with Crippen LogP contribution in [-0.2, 0) is 6.42 Å². The van der Waals surface area contributed by atoms with Crippen molar-refractivity contribution in [1.82, 2.24) is 25.5 Å². The van der Waals surface area contributed by atoms with Gasteiger partial charge in [-0.2, -0.15) is 5.10 Å². The SMILES string of the molecule is Cc1nc(C(NC(=O)c2cc3c([nH]c2=O)CC(C)(C)CC3=O)c2ccccc2)n[nH]1. The van der Waals surface area contributed by atoms with E-state index in [-0.39, 0.29) is 16.8 Å². The molecule has 1 atom stereocenters. The van der Waals surface area contributed by atoms with Gasteiger partial charge in [-0.05, 0) is 30.4 Å². The number of fused-ring (bicyclic) bond motifs is 1. The minimum Gasteiger partial charge on any atom is -0.338 e. The van der Waals surface area contributed by atoms with Crippen molar-refractivity contribution >= 4 is 11.7 Å². The maximum atomic E-state index is 13.0. The Morgan fingerprint density at radius 2 is 1.90 bits per heavy atom. The van der Waals surface area contributed by atoms with Crippen LogP contribution in [0.2, 0.25) is 0 Å². The third-order valence-electron chi connectivity index (χ3n) is 5.24. The van der Waals surface area contributed by atoms with E-state index in [0.29, 0.717) is 35.7 Å². The third-order valence-corrected chi connectivity index (χ3v) is 5.24. The summed E-state index contributed by atoms with van der Waals surface area (Å²) in [7, 11) is 0. The molecule has 4 rings (SSSR count). The van der Waals surface area contributed by atoms with Gasteiger partial charge >= 0.3 is 0 Å². The number of rotatable bonds is 4. The van der Waals surface area contributed by atoms with E-state index < -0.39 is 17.5 Å². The monoisotopic (exact) mass is 405 g/mol. The first-order valence-electron chi connectivity index (χ1n) is 9.78. The highest BCUT2D eigenvalue weighted by molar-refractivity contribution is 6.02. The van der Waals surface area contributed by atoms with E-state index in [1.165, 1.54) is 6.07 Å². The second-order valence-electron chi connectivity index (χ2n) is 8.44. The van der Waals surface area contributed by atoms with Gasteiger partial charge < -0.3 is 10.3 Å². The van der Waals surface area contributed by atoms with Gasteiger partial charge in [-0.1, -0.05) is 44.2 Å². The molecule has 1 amide bonds. The molecular weight excluding hydrogens is 382 g/mol. The lowest BCUT2D eigenvalue weighted by Crippen LogP contribution is -2.36. The normalized spacial score (nSPS) is 16.0. The lowest BCUT2D eigenvalue weighted by molar-refractivity contribution is 0.0910. The lowest BCUT2D eigenvalue weighted by Gasteiger charge is -2.29. The molecule has 0 saturated carbocycles. The molecule has 30 heavy (non-hydrogen) atoms. The van der Waals surface area contributed by atoms with Gasteiger partial charge in [0.1, 0.15) is 17.4 Å². The summed E-state index contributed by atoms with van der Waals surface area (Å²) >= 11 is 0. The van der Waals surface area contributed by atoms with Crippen molar-refractivity contribution in [2.45, 2.75) is 39.7 Å². The highest BCUT2D eigenvalue weighted by Crippen LogP contribution is 2.33. The molecule has 0 radical (unpaired) electrons. The Kier molecular flexibility index (Phi) is 4.85. The van der Waals surface area contributed by atoms with Gasteiger partial charge in [0.15, 0.2) is 11.6 Å². The van der Waals surface area contributed by atoms with E-state index >= 15 is 0 Å². The molecule has 8 nitrogen and oxygen atoms in total. The van der Waals surface area contributed by atoms with E-state index in [1.54, 1.807) is 6.92 Å². The molecule has 1 unspecified atom stereocenters. The molecule has 8 heteroatoms. The molecule has 0 bridgehead atoms. The van der Waals surface area contributed by atoms with Crippen LogP contribution in [0.4, 0.5) is 0 Å². The fourth-order valence-electron chi connectivity index (χ4n) is 3.84. The number of H-pyrrole nitrogens is 2. The number of Topliss-reactive ketones (excluding diaryl/α,β-unsaturated/α-hetero) is 1. The van der Waals surface area contributed by atoms with Gasteiger partial charge in [0.25, 0.3) is 11.5 Å². The van der Waals surface area contributed by atoms with E-state index in [9.17, 15) is 14.4 Å². The van der Waals surface area contributed by atoms with Crippen LogP contribution in [-0.4, -0.2) is 31.9 Å². The molecular formula is C22H23N5O3. The Balaban J connectivity index is 1.69. The van der Waals surface area contributed by atoms with E-state index in [2.05, 4.69) is 25.5 Å². The second-order valence-corrected chi connectivity index (χ2v) is 8.44. The number of ketones is 1. The van der Waals surface area contributed by atoms with Gasteiger partial charge in [-0.25, -0.2) is 4.98 Å². The zero-order valence-corrected chi connectivity index (χ0v) is 17.1. The lowest BCUT2D eigenvalue weighted by atomic mass is 9.75. The number of carbonyl (C=O) groups excluding carboxylic acids is 2. The highest BCUT2D eigenvalue weighted by Gasteiger charge is 2.33. The summed E-state index contributed by atoms with van der Waals surface area (Å²) in [5.41, 5.74) is 0.923. The number of carbonyl (C=O) groups is 2. The molecule has 0 aliphatic heterocycles. The fourth-order valence-corrected chi connectivity index (χ4v) is 3.84. The number of benzene rings is 1. The van der Waals surface area contributed by atoms with Crippen LogP contribution in [0.1, 0.15) is 69.9 Å². The van der Waals surface area contributed by atoms with E-state index in [4.69, 9.17) is 0 Å². The molecule has 1 aromatic carbocycles. The summed E-state index contributed by atoms with van der Waals surface area (Å²) in [4.78, 5) is 45.3. The Bertz CT molecular complexity index is 1180. The fraction of sp³-hybridized carbons (Fsp3) is 0.318. The molecule has 3 N–H and O–H groups in total. The number of nitrogens with zero attached hydrogens (tertiary/aromatic N) is 2. The Labute approximate surface area is 173 Å². The predicted octanol–water partition coefficient (Wildman–Crippen LogP) is 2.48. The first-order chi connectivity index (χ1) is 14.2. The second kappa shape index (κ2) is 7.37. The van der Waals surface area contributed by atoms with Crippen LogP contribution in [0.25, 0.3) is 0 Å². The van der Waals surface area contributed by atoms with E-state index in [1.807, 2.05) is 44.2 Å². The van der Waals surface area contributed by atoms with Crippen LogP contribution in [0.3, 0.4) is 0 Å². The van der Waals surface area contributed by atoms with Crippen molar-refractivity contribution in [2.24, 2.45) is 5.41 Å². The van der Waals surface area contributed by atoms with Gasteiger partial charge in [0, 0.05) is 17.7 Å². The smallest absolute Gasteiger partial charge is 0.261 e. The number of hydrogen-bond acceptors (Lipinski definition) is 5. The standard InChI is InChI=1S/C22H23N5O3/c1-12-23-19(27-26-12)18(13-7-5-4-6-8-13)25-21(30)15-9-14-16(24-20(15)29)10-22(2,3)11-17(14)28/h4-9,18H,10-11H2,1-3H3,(H,24,29)(H,25,30)(H,23,26,27). The van der Waals surface area contributed by atoms with Gasteiger partial charge in [0.05, 0.1) is 0 Å². The van der Waals surface area contributed by atoms with Crippen molar-refractivity contribution in [3.8, 4) is 0 Å².